The van der Waals surface area contributed by atoms with Crippen LogP contribution in [0.4, 0.5) is 15.4 Å². The summed E-state index contributed by atoms with van der Waals surface area (Å²) in [5.41, 5.74) is -0.685. The second-order valence-corrected chi connectivity index (χ2v) is 8.57. The Morgan fingerprint density at radius 2 is 1.88 bits per heavy atom. The van der Waals surface area contributed by atoms with Crippen LogP contribution in [0.3, 0.4) is 0 Å². The third-order valence-corrected chi connectivity index (χ3v) is 4.86. The monoisotopic (exact) mass is 458 g/mol. The van der Waals surface area contributed by atoms with E-state index in [-0.39, 0.29) is 25.4 Å². The smallest absolute Gasteiger partial charge is 0.413 e. The standard InChI is InChI=1S/C22H26N4O7/c1-22(2,3)33-21(31)26-12-15(11-16(26)18(27)28)25-10-9-17(23-19(25)29)24-20(30)32-13-14-7-5-4-6-8-14/h4-10,15-16H,11-13H2,1-3H3,(H,27,28)(H,23,24,29,30)/t15-,16?/m1/s1. The third kappa shape index (κ3) is 6.31. The number of hydrogen-bond acceptors (Lipinski definition) is 7. The van der Waals surface area contributed by atoms with Crippen molar-refractivity contribution in [1.29, 1.82) is 0 Å². The summed E-state index contributed by atoms with van der Waals surface area (Å²) in [6.45, 7) is 5.07. The lowest BCUT2D eigenvalue weighted by molar-refractivity contribution is -0.142. The molecule has 2 amide bonds. The van der Waals surface area contributed by atoms with Crippen molar-refractivity contribution in [3.05, 3.63) is 58.6 Å². The second-order valence-electron chi connectivity index (χ2n) is 8.57. The number of aliphatic carboxylic acids is 1. The number of benzene rings is 1. The number of ether oxygens (including phenoxy) is 2. The van der Waals surface area contributed by atoms with E-state index in [2.05, 4.69) is 10.3 Å². The number of carboxylic acids is 1. The topological polar surface area (TPSA) is 140 Å². The quantitative estimate of drug-likeness (QED) is 0.697. The van der Waals surface area contributed by atoms with Crippen LogP contribution in [0.25, 0.3) is 0 Å². The van der Waals surface area contributed by atoms with Crippen LogP contribution >= 0.6 is 0 Å². The van der Waals surface area contributed by atoms with E-state index in [1.807, 2.05) is 18.2 Å². The van der Waals surface area contributed by atoms with Crippen LogP contribution in [-0.4, -0.2) is 55.9 Å². The molecular formula is C22H26N4O7. The molecule has 0 bridgehead atoms. The summed E-state index contributed by atoms with van der Waals surface area (Å²) in [4.78, 5) is 53.6. The predicted octanol–water partition coefficient (Wildman–Crippen LogP) is 2.63. The van der Waals surface area contributed by atoms with Crippen molar-refractivity contribution in [3.8, 4) is 0 Å². The number of anilines is 1. The fraction of sp³-hybridized carbons (Fsp3) is 0.409. The molecule has 0 aliphatic carbocycles. The molecule has 1 aromatic heterocycles. The van der Waals surface area contributed by atoms with Gasteiger partial charge in [0, 0.05) is 19.2 Å². The van der Waals surface area contributed by atoms with E-state index in [1.165, 1.54) is 16.8 Å². The molecule has 1 aromatic carbocycles. The van der Waals surface area contributed by atoms with Gasteiger partial charge in [-0.05, 0) is 32.4 Å². The number of hydrogen-bond donors (Lipinski definition) is 2. The van der Waals surface area contributed by atoms with E-state index in [1.54, 1.807) is 32.9 Å². The Morgan fingerprint density at radius 1 is 1.18 bits per heavy atom. The van der Waals surface area contributed by atoms with Gasteiger partial charge in [0.05, 0.1) is 6.04 Å². The lowest BCUT2D eigenvalue weighted by Crippen LogP contribution is -2.43. The summed E-state index contributed by atoms with van der Waals surface area (Å²) in [5, 5.41) is 11.9. The number of nitrogens with zero attached hydrogens (tertiary/aromatic N) is 3. The zero-order valence-corrected chi connectivity index (χ0v) is 18.6. The summed E-state index contributed by atoms with van der Waals surface area (Å²) >= 11 is 0. The Morgan fingerprint density at radius 3 is 2.48 bits per heavy atom. The molecule has 1 saturated heterocycles. The van der Waals surface area contributed by atoms with Gasteiger partial charge >= 0.3 is 23.8 Å². The molecule has 2 N–H and O–H groups in total. The van der Waals surface area contributed by atoms with Crippen molar-refractivity contribution < 1.29 is 29.0 Å². The highest BCUT2D eigenvalue weighted by Gasteiger charge is 2.42. The number of nitrogens with one attached hydrogen (secondary N) is 1. The molecule has 2 heterocycles. The summed E-state index contributed by atoms with van der Waals surface area (Å²) in [7, 11) is 0. The first kappa shape index (κ1) is 23.8. The maximum atomic E-state index is 12.5. The minimum absolute atomic E-state index is 0.00825. The molecule has 1 aliphatic rings. The lowest BCUT2D eigenvalue weighted by Gasteiger charge is -2.26. The van der Waals surface area contributed by atoms with E-state index in [4.69, 9.17) is 9.47 Å². The number of carboxylic acid groups (broad SMARTS) is 1. The van der Waals surface area contributed by atoms with Gasteiger partial charge in [0.2, 0.25) is 0 Å². The zero-order chi connectivity index (χ0) is 24.2. The van der Waals surface area contributed by atoms with Crippen molar-refractivity contribution in [2.24, 2.45) is 0 Å². The maximum absolute atomic E-state index is 12.5. The summed E-state index contributed by atoms with van der Waals surface area (Å²) in [5.74, 6) is -1.20. The molecule has 3 rings (SSSR count). The van der Waals surface area contributed by atoms with Crippen LogP contribution < -0.4 is 11.0 Å². The van der Waals surface area contributed by atoms with Gasteiger partial charge in [-0.15, -0.1) is 0 Å². The Kier molecular flexibility index (Phi) is 7.00. The second kappa shape index (κ2) is 9.72. The molecule has 0 spiro atoms. The predicted molar refractivity (Wildman–Crippen MR) is 117 cm³/mol. The first-order valence-corrected chi connectivity index (χ1v) is 10.3. The lowest BCUT2D eigenvalue weighted by atomic mass is 10.1. The average molecular weight is 458 g/mol. The van der Waals surface area contributed by atoms with E-state index in [9.17, 15) is 24.3 Å². The van der Waals surface area contributed by atoms with Crippen molar-refractivity contribution in [1.82, 2.24) is 14.5 Å². The SMILES string of the molecule is CC(C)(C)OC(=O)N1C[C@H](n2ccc(NC(=O)OCc3ccccc3)nc2=O)CC1C(=O)O. The Hall–Kier alpha value is -3.89. The highest BCUT2D eigenvalue weighted by molar-refractivity contribution is 5.83. The van der Waals surface area contributed by atoms with Crippen LogP contribution in [0.2, 0.25) is 0 Å². The molecule has 33 heavy (non-hydrogen) atoms. The first-order valence-electron chi connectivity index (χ1n) is 10.3. The minimum atomic E-state index is -1.19. The molecule has 1 unspecified atom stereocenters. The Balaban J connectivity index is 1.66. The number of likely N-dealkylation sites (tertiary alicyclic amines) is 1. The number of rotatable bonds is 5. The fourth-order valence-electron chi connectivity index (χ4n) is 3.40. The van der Waals surface area contributed by atoms with Crippen LogP contribution in [0, 0.1) is 0 Å². The highest BCUT2D eigenvalue weighted by Crippen LogP contribution is 2.28. The van der Waals surface area contributed by atoms with Crippen molar-refractivity contribution in [2.75, 3.05) is 11.9 Å². The van der Waals surface area contributed by atoms with Gasteiger partial charge in [-0.2, -0.15) is 4.98 Å². The van der Waals surface area contributed by atoms with Gasteiger partial charge in [-0.25, -0.2) is 19.2 Å². The summed E-state index contributed by atoms with van der Waals surface area (Å²) in [6.07, 6.45) is -0.129. The van der Waals surface area contributed by atoms with Gasteiger partial charge in [-0.1, -0.05) is 30.3 Å². The molecule has 176 valence electrons. The van der Waals surface area contributed by atoms with Gasteiger partial charge in [0.15, 0.2) is 0 Å². The molecule has 1 aliphatic heterocycles. The van der Waals surface area contributed by atoms with Crippen LogP contribution in [0.5, 0.6) is 0 Å². The van der Waals surface area contributed by atoms with Gasteiger partial charge < -0.3 is 14.6 Å². The molecule has 2 aromatic rings. The number of carbonyl (C=O) groups is 3. The van der Waals surface area contributed by atoms with E-state index in [0.717, 1.165) is 10.5 Å². The number of aromatic nitrogens is 2. The van der Waals surface area contributed by atoms with Crippen LogP contribution in [-0.2, 0) is 20.9 Å². The van der Waals surface area contributed by atoms with Gasteiger partial charge in [0.25, 0.3) is 0 Å². The average Bonchev–Trinajstić information content (AvgIpc) is 3.18. The first-order chi connectivity index (χ1) is 15.5. The Labute approximate surface area is 189 Å². The Bertz CT molecular complexity index is 1080. The number of amides is 2. The molecule has 11 heteroatoms. The number of carbonyl (C=O) groups excluding carboxylic acids is 2. The van der Waals surface area contributed by atoms with E-state index >= 15 is 0 Å². The van der Waals surface area contributed by atoms with Crippen LogP contribution in [0.15, 0.2) is 47.4 Å². The minimum Gasteiger partial charge on any atom is -0.480 e. The molecular weight excluding hydrogens is 432 g/mol. The van der Waals surface area contributed by atoms with Gasteiger partial charge in [0.1, 0.15) is 24.1 Å². The molecule has 11 nitrogen and oxygen atoms in total. The molecule has 2 atom stereocenters. The largest absolute Gasteiger partial charge is 0.480 e. The fourth-order valence-corrected chi connectivity index (χ4v) is 3.40. The third-order valence-electron chi connectivity index (χ3n) is 4.86. The summed E-state index contributed by atoms with van der Waals surface area (Å²) in [6, 6.07) is 8.74. The molecule has 1 fully saturated rings. The summed E-state index contributed by atoms with van der Waals surface area (Å²) < 4.78 is 11.6. The van der Waals surface area contributed by atoms with Gasteiger partial charge in [-0.3, -0.25) is 14.8 Å². The van der Waals surface area contributed by atoms with Crippen molar-refractivity contribution >= 4 is 24.0 Å². The van der Waals surface area contributed by atoms with Crippen molar-refractivity contribution in [3.63, 3.8) is 0 Å². The maximum Gasteiger partial charge on any atom is 0.413 e. The van der Waals surface area contributed by atoms with Crippen molar-refractivity contribution in [2.45, 2.75) is 51.5 Å². The van der Waals surface area contributed by atoms with E-state index in [0.29, 0.717) is 0 Å². The highest BCUT2D eigenvalue weighted by atomic mass is 16.6. The zero-order valence-electron chi connectivity index (χ0n) is 18.6. The molecule has 0 radical (unpaired) electrons. The molecule has 0 saturated carbocycles. The van der Waals surface area contributed by atoms with Crippen LogP contribution in [0.1, 0.15) is 38.8 Å². The van der Waals surface area contributed by atoms with E-state index < -0.39 is 41.5 Å². The normalized spacial score (nSPS) is 18.0.